The molecular formula is C13H8N4O3. The Morgan fingerprint density at radius 2 is 1.95 bits per heavy atom. The van der Waals surface area contributed by atoms with Gasteiger partial charge >= 0.3 is 5.97 Å². The SMILES string of the molecule is O=C(O)c1ccc(-c2nc(-c3cnccn3)no2)cc1. The number of carbonyl (C=O) groups is 1. The van der Waals surface area contributed by atoms with Gasteiger partial charge in [0.1, 0.15) is 5.69 Å². The second-order valence-corrected chi connectivity index (χ2v) is 3.90. The molecule has 0 amide bonds. The van der Waals surface area contributed by atoms with Crippen molar-refractivity contribution in [1.82, 2.24) is 20.1 Å². The van der Waals surface area contributed by atoms with Crippen molar-refractivity contribution in [1.29, 1.82) is 0 Å². The molecule has 0 bridgehead atoms. The molecule has 20 heavy (non-hydrogen) atoms. The van der Waals surface area contributed by atoms with Crippen molar-refractivity contribution in [3.05, 3.63) is 48.4 Å². The van der Waals surface area contributed by atoms with Crippen LogP contribution < -0.4 is 0 Å². The highest BCUT2D eigenvalue weighted by molar-refractivity contribution is 5.88. The lowest BCUT2D eigenvalue weighted by Gasteiger charge is -1.95. The molecule has 3 rings (SSSR count). The van der Waals surface area contributed by atoms with Gasteiger partial charge in [0.25, 0.3) is 5.89 Å². The van der Waals surface area contributed by atoms with Gasteiger partial charge in [0.05, 0.1) is 11.8 Å². The zero-order valence-corrected chi connectivity index (χ0v) is 10.1. The molecule has 2 aromatic heterocycles. The van der Waals surface area contributed by atoms with E-state index in [1.165, 1.54) is 24.5 Å². The second-order valence-electron chi connectivity index (χ2n) is 3.90. The van der Waals surface area contributed by atoms with E-state index in [1.807, 2.05) is 0 Å². The molecular weight excluding hydrogens is 260 g/mol. The van der Waals surface area contributed by atoms with Crippen LogP contribution in [-0.2, 0) is 0 Å². The number of aromatic nitrogens is 4. The Labute approximate surface area is 112 Å². The minimum atomic E-state index is -0.984. The maximum absolute atomic E-state index is 10.8. The zero-order valence-electron chi connectivity index (χ0n) is 10.1. The third-order valence-electron chi connectivity index (χ3n) is 2.60. The highest BCUT2D eigenvalue weighted by Gasteiger charge is 2.12. The molecule has 0 aliphatic heterocycles. The maximum atomic E-state index is 10.8. The van der Waals surface area contributed by atoms with Crippen LogP contribution in [0.5, 0.6) is 0 Å². The normalized spacial score (nSPS) is 10.4. The standard InChI is InChI=1S/C13H8N4O3/c18-13(19)9-3-1-8(2-4-9)12-16-11(17-20-12)10-7-14-5-6-15-10/h1-7H,(H,18,19). The maximum Gasteiger partial charge on any atom is 0.335 e. The summed E-state index contributed by atoms with van der Waals surface area (Å²) >= 11 is 0. The number of carboxylic acid groups (broad SMARTS) is 1. The van der Waals surface area contributed by atoms with Crippen molar-refractivity contribution in [3.63, 3.8) is 0 Å². The Hall–Kier alpha value is -3.09. The molecule has 0 saturated carbocycles. The number of nitrogens with zero attached hydrogens (tertiary/aromatic N) is 4. The average Bonchev–Trinajstić information content (AvgIpc) is 2.98. The van der Waals surface area contributed by atoms with Gasteiger partial charge in [-0.3, -0.25) is 4.98 Å². The Morgan fingerprint density at radius 1 is 1.15 bits per heavy atom. The van der Waals surface area contributed by atoms with Crippen molar-refractivity contribution in [2.75, 3.05) is 0 Å². The molecule has 1 N–H and O–H groups in total. The van der Waals surface area contributed by atoms with Crippen molar-refractivity contribution in [2.45, 2.75) is 0 Å². The summed E-state index contributed by atoms with van der Waals surface area (Å²) in [6, 6.07) is 6.17. The zero-order chi connectivity index (χ0) is 13.9. The summed E-state index contributed by atoms with van der Waals surface area (Å²) in [6.45, 7) is 0. The molecule has 1 aromatic carbocycles. The van der Waals surface area contributed by atoms with E-state index >= 15 is 0 Å². The summed E-state index contributed by atoms with van der Waals surface area (Å²) < 4.78 is 5.13. The highest BCUT2D eigenvalue weighted by atomic mass is 16.5. The van der Waals surface area contributed by atoms with E-state index in [4.69, 9.17) is 9.63 Å². The van der Waals surface area contributed by atoms with Crippen LogP contribution in [0, 0.1) is 0 Å². The van der Waals surface area contributed by atoms with Crippen LogP contribution >= 0.6 is 0 Å². The van der Waals surface area contributed by atoms with Gasteiger partial charge in [-0.05, 0) is 24.3 Å². The summed E-state index contributed by atoms with van der Waals surface area (Å²) in [5.41, 5.74) is 1.34. The van der Waals surface area contributed by atoms with Gasteiger partial charge in [0.15, 0.2) is 0 Å². The lowest BCUT2D eigenvalue weighted by atomic mass is 10.1. The van der Waals surface area contributed by atoms with Crippen LogP contribution in [-0.4, -0.2) is 31.2 Å². The van der Waals surface area contributed by atoms with Gasteiger partial charge in [-0.2, -0.15) is 4.98 Å². The largest absolute Gasteiger partial charge is 0.478 e. The highest BCUT2D eigenvalue weighted by Crippen LogP contribution is 2.20. The predicted octanol–water partition coefficient (Wildman–Crippen LogP) is 1.89. The molecule has 7 heteroatoms. The first-order valence-electron chi connectivity index (χ1n) is 5.68. The Balaban J connectivity index is 1.92. The first kappa shape index (κ1) is 12.0. The summed E-state index contributed by atoms with van der Waals surface area (Å²) in [7, 11) is 0. The van der Waals surface area contributed by atoms with Gasteiger partial charge in [-0.25, -0.2) is 9.78 Å². The third-order valence-corrected chi connectivity index (χ3v) is 2.60. The number of hydrogen-bond donors (Lipinski definition) is 1. The van der Waals surface area contributed by atoms with Gasteiger partial charge in [0.2, 0.25) is 5.82 Å². The van der Waals surface area contributed by atoms with Crippen molar-refractivity contribution in [3.8, 4) is 23.0 Å². The van der Waals surface area contributed by atoms with Gasteiger partial charge in [0, 0.05) is 18.0 Å². The molecule has 0 spiro atoms. The minimum absolute atomic E-state index is 0.197. The van der Waals surface area contributed by atoms with Crippen LogP contribution in [0.15, 0.2) is 47.4 Å². The first-order valence-corrected chi connectivity index (χ1v) is 5.68. The summed E-state index contributed by atoms with van der Waals surface area (Å²) in [6.07, 6.45) is 4.62. The van der Waals surface area contributed by atoms with Crippen LogP contribution in [0.1, 0.15) is 10.4 Å². The average molecular weight is 268 g/mol. The molecule has 98 valence electrons. The van der Waals surface area contributed by atoms with Gasteiger partial charge < -0.3 is 9.63 Å². The molecule has 0 aliphatic carbocycles. The van der Waals surface area contributed by atoms with E-state index in [-0.39, 0.29) is 5.56 Å². The van der Waals surface area contributed by atoms with Crippen LogP contribution in [0.2, 0.25) is 0 Å². The molecule has 0 fully saturated rings. The van der Waals surface area contributed by atoms with E-state index in [9.17, 15) is 4.79 Å². The fraction of sp³-hybridized carbons (Fsp3) is 0. The number of aromatic carboxylic acids is 1. The van der Waals surface area contributed by atoms with Crippen LogP contribution in [0.25, 0.3) is 23.0 Å². The molecule has 7 nitrogen and oxygen atoms in total. The third kappa shape index (κ3) is 2.24. The number of benzene rings is 1. The molecule has 0 aliphatic rings. The Morgan fingerprint density at radius 3 is 2.60 bits per heavy atom. The topological polar surface area (TPSA) is 102 Å². The molecule has 3 aromatic rings. The smallest absolute Gasteiger partial charge is 0.335 e. The molecule has 2 heterocycles. The van der Waals surface area contributed by atoms with Crippen molar-refractivity contribution in [2.24, 2.45) is 0 Å². The van der Waals surface area contributed by atoms with E-state index in [2.05, 4.69) is 20.1 Å². The van der Waals surface area contributed by atoms with E-state index in [1.54, 1.807) is 18.3 Å². The van der Waals surface area contributed by atoms with Crippen LogP contribution in [0.3, 0.4) is 0 Å². The summed E-state index contributed by atoms with van der Waals surface area (Å²) in [4.78, 5) is 23.0. The van der Waals surface area contributed by atoms with Gasteiger partial charge in [-0.1, -0.05) is 5.16 Å². The Bertz CT molecular complexity index is 738. The number of carboxylic acids is 1. The molecule has 0 atom stereocenters. The van der Waals surface area contributed by atoms with Crippen molar-refractivity contribution < 1.29 is 14.4 Å². The fourth-order valence-electron chi connectivity index (χ4n) is 1.61. The number of hydrogen-bond acceptors (Lipinski definition) is 6. The quantitative estimate of drug-likeness (QED) is 0.773. The van der Waals surface area contributed by atoms with E-state index in [0.717, 1.165) is 0 Å². The lowest BCUT2D eigenvalue weighted by molar-refractivity contribution is 0.0697. The fourth-order valence-corrected chi connectivity index (χ4v) is 1.61. The van der Waals surface area contributed by atoms with E-state index < -0.39 is 5.97 Å². The molecule has 0 unspecified atom stereocenters. The monoisotopic (exact) mass is 268 g/mol. The van der Waals surface area contributed by atoms with E-state index in [0.29, 0.717) is 23.0 Å². The first-order chi connectivity index (χ1) is 9.74. The lowest BCUT2D eigenvalue weighted by Crippen LogP contribution is -1.94. The summed E-state index contributed by atoms with van der Waals surface area (Å²) in [5, 5.41) is 12.6. The van der Waals surface area contributed by atoms with Gasteiger partial charge in [-0.15, -0.1) is 0 Å². The number of rotatable bonds is 3. The predicted molar refractivity (Wildman–Crippen MR) is 67.7 cm³/mol. The molecule has 0 radical (unpaired) electrons. The Kier molecular flexibility index (Phi) is 2.92. The summed E-state index contributed by atoms with van der Waals surface area (Å²) in [5.74, 6) is -0.361. The second kappa shape index (κ2) is 4.88. The van der Waals surface area contributed by atoms with Crippen LogP contribution in [0.4, 0.5) is 0 Å². The van der Waals surface area contributed by atoms with Crippen molar-refractivity contribution >= 4 is 5.97 Å². The minimum Gasteiger partial charge on any atom is -0.478 e. The molecule has 0 saturated heterocycles.